The largest absolute Gasteiger partial charge is 0.464 e. The summed E-state index contributed by atoms with van der Waals surface area (Å²) in [5.41, 5.74) is 4.23. The molecule has 0 saturated carbocycles. The van der Waals surface area contributed by atoms with Gasteiger partial charge in [-0.1, -0.05) is 75.5 Å². The first-order chi connectivity index (χ1) is 13.6. The monoisotopic (exact) mass is 472 g/mol. The SMILES string of the molecule is Clc1ccc([C@@H]2Oc3ccccc3[C@H]3CC(c4ccc(Br)cc4)=NN32)cc1Cl. The van der Waals surface area contributed by atoms with Gasteiger partial charge in [0.25, 0.3) is 0 Å². The fourth-order valence-corrected chi connectivity index (χ4v) is 4.31. The van der Waals surface area contributed by atoms with E-state index < -0.39 is 0 Å². The number of para-hydroxylation sites is 1. The van der Waals surface area contributed by atoms with Crippen LogP contribution in [0, 0.1) is 0 Å². The molecule has 0 aliphatic carbocycles. The van der Waals surface area contributed by atoms with Crippen LogP contribution in [0.15, 0.2) is 76.3 Å². The quantitative estimate of drug-likeness (QED) is 0.400. The third-order valence-electron chi connectivity index (χ3n) is 5.11. The molecule has 2 atom stereocenters. The molecule has 3 nitrogen and oxygen atoms in total. The van der Waals surface area contributed by atoms with Gasteiger partial charge < -0.3 is 4.74 Å². The number of benzene rings is 3. The molecule has 0 fully saturated rings. The van der Waals surface area contributed by atoms with E-state index in [1.807, 2.05) is 47.5 Å². The van der Waals surface area contributed by atoms with Crippen molar-refractivity contribution >= 4 is 44.8 Å². The number of rotatable bonds is 2. The molecule has 2 heterocycles. The van der Waals surface area contributed by atoms with Crippen LogP contribution in [0.1, 0.15) is 35.4 Å². The molecule has 0 saturated heterocycles. The molecule has 140 valence electrons. The molecule has 5 rings (SSSR count). The fraction of sp³-hybridized carbons (Fsp3) is 0.136. The molecule has 0 spiro atoms. The van der Waals surface area contributed by atoms with Crippen LogP contribution in [0.4, 0.5) is 0 Å². The second kappa shape index (κ2) is 7.11. The van der Waals surface area contributed by atoms with E-state index in [1.54, 1.807) is 6.07 Å². The highest BCUT2D eigenvalue weighted by molar-refractivity contribution is 9.10. The summed E-state index contributed by atoms with van der Waals surface area (Å²) in [6, 6.07) is 22.1. The highest BCUT2D eigenvalue weighted by Crippen LogP contribution is 2.47. The molecule has 0 N–H and O–H groups in total. The molecule has 3 aromatic rings. The predicted octanol–water partition coefficient (Wildman–Crippen LogP) is 7.00. The molecule has 2 aliphatic rings. The van der Waals surface area contributed by atoms with Crippen molar-refractivity contribution in [2.75, 3.05) is 0 Å². The van der Waals surface area contributed by atoms with Gasteiger partial charge in [-0.25, -0.2) is 5.01 Å². The topological polar surface area (TPSA) is 24.8 Å². The normalized spacial score (nSPS) is 20.2. The zero-order chi connectivity index (χ0) is 19.3. The molecule has 0 amide bonds. The number of hydrazone groups is 1. The number of hydrogen-bond donors (Lipinski definition) is 0. The van der Waals surface area contributed by atoms with Crippen molar-refractivity contribution in [1.82, 2.24) is 5.01 Å². The van der Waals surface area contributed by atoms with E-state index in [2.05, 4.69) is 34.1 Å². The highest BCUT2D eigenvalue weighted by atomic mass is 79.9. The average Bonchev–Trinajstić information content (AvgIpc) is 3.16. The Labute approximate surface area is 181 Å². The lowest BCUT2D eigenvalue weighted by Crippen LogP contribution is -2.33. The van der Waals surface area contributed by atoms with Crippen LogP contribution in [-0.4, -0.2) is 10.7 Å². The second-order valence-corrected chi connectivity index (χ2v) is 8.57. The molecular formula is C22H15BrCl2N2O. The summed E-state index contributed by atoms with van der Waals surface area (Å²) in [7, 11) is 0. The van der Waals surface area contributed by atoms with Crippen LogP contribution >= 0.6 is 39.1 Å². The summed E-state index contributed by atoms with van der Waals surface area (Å²) in [4.78, 5) is 0. The smallest absolute Gasteiger partial charge is 0.213 e. The van der Waals surface area contributed by atoms with Crippen molar-refractivity contribution < 1.29 is 4.74 Å². The summed E-state index contributed by atoms with van der Waals surface area (Å²) in [5.74, 6) is 0.882. The Morgan fingerprint density at radius 3 is 2.54 bits per heavy atom. The standard InChI is InChI=1S/C22H15BrCl2N2O/c23-15-8-5-13(6-9-15)19-12-20-16-3-1-2-4-21(16)28-22(27(20)26-19)14-7-10-17(24)18(25)11-14/h1-11,20,22H,12H2/t20-,22+/m1/s1. The van der Waals surface area contributed by atoms with Crippen molar-refractivity contribution in [3.63, 3.8) is 0 Å². The Balaban J connectivity index is 1.59. The van der Waals surface area contributed by atoms with Crippen molar-refractivity contribution in [2.45, 2.75) is 18.7 Å². The summed E-state index contributed by atoms with van der Waals surface area (Å²) in [5, 5.41) is 8.03. The number of nitrogens with zero attached hydrogens (tertiary/aromatic N) is 2. The van der Waals surface area contributed by atoms with Crippen molar-refractivity contribution in [3.8, 4) is 5.75 Å². The van der Waals surface area contributed by atoms with Gasteiger partial charge in [-0.15, -0.1) is 0 Å². The van der Waals surface area contributed by atoms with Crippen LogP contribution in [0.25, 0.3) is 0 Å². The van der Waals surface area contributed by atoms with Crippen molar-refractivity contribution in [2.24, 2.45) is 5.10 Å². The van der Waals surface area contributed by atoms with Crippen LogP contribution < -0.4 is 4.74 Å². The Kier molecular flexibility index (Phi) is 4.58. The van der Waals surface area contributed by atoms with E-state index >= 15 is 0 Å². The van der Waals surface area contributed by atoms with E-state index in [9.17, 15) is 0 Å². The zero-order valence-electron chi connectivity index (χ0n) is 14.6. The predicted molar refractivity (Wildman–Crippen MR) is 116 cm³/mol. The highest BCUT2D eigenvalue weighted by Gasteiger charge is 2.40. The van der Waals surface area contributed by atoms with Gasteiger partial charge in [0.1, 0.15) is 5.75 Å². The summed E-state index contributed by atoms with van der Waals surface area (Å²) in [6.45, 7) is 0. The minimum atomic E-state index is -0.359. The molecule has 3 aromatic carbocycles. The van der Waals surface area contributed by atoms with Gasteiger partial charge in [0.05, 0.1) is 21.8 Å². The number of hydrogen-bond acceptors (Lipinski definition) is 3. The number of ether oxygens (including phenoxy) is 1. The van der Waals surface area contributed by atoms with Gasteiger partial charge in [-0.2, -0.15) is 5.10 Å². The maximum Gasteiger partial charge on any atom is 0.213 e. The minimum Gasteiger partial charge on any atom is -0.464 e. The maximum absolute atomic E-state index is 6.34. The van der Waals surface area contributed by atoms with Gasteiger partial charge in [-0.3, -0.25) is 0 Å². The second-order valence-electron chi connectivity index (χ2n) is 6.84. The van der Waals surface area contributed by atoms with E-state index in [-0.39, 0.29) is 12.3 Å². The molecule has 0 unspecified atom stereocenters. The van der Waals surface area contributed by atoms with Gasteiger partial charge in [0.2, 0.25) is 6.23 Å². The third kappa shape index (κ3) is 3.10. The molecule has 0 aromatic heterocycles. The average molecular weight is 474 g/mol. The molecule has 0 bridgehead atoms. The van der Waals surface area contributed by atoms with Gasteiger partial charge in [0, 0.05) is 22.0 Å². The van der Waals surface area contributed by atoms with Gasteiger partial charge in [0.15, 0.2) is 0 Å². The Hall–Kier alpha value is -2.01. The van der Waals surface area contributed by atoms with Crippen LogP contribution in [0.5, 0.6) is 5.75 Å². The van der Waals surface area contributed by atoms with Crippen molar-refractivity contribution in [3.05, 3.63) is 97.9 Å². The first-order valence-electron chi connectivity index (χ1n) is 8.92. The first-order valence-corrected chi connectivity index (χ1v) is 10.5. The molecule has 0 radical (unpaired) electrons. The molecule has 2 aliphatic heterocycles. The summed E-state index contributed by atoms with van der Waals surface area (Å²) in [6.07, 6.45) is 0.461. The Morgan fingerprint density at radius 2 is 1.75 bits per heavy atom. The fourth-order valence-electron chi connectivity index (χ4n) is 3.74. The lowest BCUT2D eigenvalue weighted by Gasteiger charge is -2.38. The number of halogens is 3. The minimum absolute atomic E-state index is 0.114. The number of fused-ring (bicyclic) bond motifs is 3. The third-order valence-corrected chi connectivity index (χ3v) is 6.37. The van der Waals surface area contributed by atoms with Gasteiger partial charge in [-0.05, 0) is 35.9 Å². The maximum atomic E-state index is 6.34. The molecule has 6 heteroatoms. The van der Waals surface area contributed by atoms with E-state index in [0.717, 1.165) is 39.0 Å². The van der Waals surface area contributed by atoms with Crippen molar-refractivity contribution in [1.29, 1.82) is 0 Å². The van der Waals surface area contributed by atoms with E-state index in [0.29, 0.717) is 10.0 Å². The molecular weight excluding hydrogens is 459 g/mol. The first kappa shape index (κ1) is 18.0. The zero-order valence-corrected chi connectivity index (χ0v) is 17.7. The molecule has 28 heavy (non-hydrogen) atoms. The van der Waals surface area contributed by atoms with Crippen LogP contribution in [0.3, 0.4) is 0 Å². The van der Waals surface area contributed by atoms with E-state index in [1.165, 1.54) is 0 Å². The Bertz CT molecular complexity index is 1080. The summed E-state index contributed by atoms with van der Waals surface area (Å²) < 4.78 is 7.39. The lowest BCUT2D eigenvalue weighted by molar-refractivity contribution is -0.0190. The van der Waals surface area contributed by atoms with Crippen LogP contribution in [0.2, 0.25) is 10.0 Å². The summed E-state index contributed by atoms with van der Waals surface area (Å²) >= 11 is 15.9. The van der Waals surface area contributed by atoms with Gasteiger partial charge >= 0.3 is 0 Å². The van der Waals surface area contributed by atoms with Crippen LogP contribution in [-0.2, 0) is 0 Å². The lowest BCUT2D eigenvalue weighted by atomic mass is 9.96. The van der Waals surface area contributed by atoms with E-state index in [4.69, 9.17) is 33.0 Å². The Morgan fingerprint density at radius 1 is 0.964 bits per heavy atom.